The first kappa shape index (κ1) is 9.98. The number of benzene rings is 1. The van der Waals surface area contributed by atoms with E-state index in [1.807, 2.05) is 6.07 Å². The van der Waals surface area contributed by atoms with E-state index in [1.54, 1.807) is 0 Å². The van der Waals surface area contributed by atoms with Crippen LogP contribution < -0.4 is 16.0 Å². The van der Waals surface area contributed by atoms with Gasteiger partial charge in [0, 0.05) is 0 Å². The monoisotopic (exact) mass is 216 g/mol. The molecule has 3 amide bonds. The third-order valence-corrected chi connectivity index (χ3v) is 2.24. The van der Waals surface area contributed by atoms with Gasteiger partial charge in [0.05, 0.1) is 29.6 Å². The molecule has 80 valence electrons. The Morgan fingerprint density at radius 1 is 1.44 bits per heavy atom. The minimum atomic E-state index is -0.499. The van der Waals surface area contributed by atoms with Crippen molar-refractivity contribution < 1.29 is 9.59 Å². The molecule has 6 heteroatoms. The Hall–Kier alpha value is -2.55. The molecule has 0 radical (unpaired) electrons. The lowest BCUT2D eigenvalue weighted by atomic mass is 10.2. The molecule has 0 bridgehead atoms. The summed E-state index contributed by atoms with van der Waals surface area (Å²) < 4.78 is 0. The average Bonchev–Trinajstić information content (AvgIpc) is 2.59. The Morgan fingerprint density at radius 3 is 2.69 bits per heavy atom. The Labute approximate surface area is 91.3 Å². The van der Waals surface area contributed by atoms with E-state index < -0.39 is 6.03 Å². The maximum atomic E-state index is 11.4. The minimum absolute atomic E-state index is 0.0295. The lowest BCUT2D eigenvalue weighted by molar-refractivity contribution is -0.115. The lowest BCUT2D eigenvalue weighted by Crippen LogP contribution is -2.31. The van der Waals surface area contributed by atoms with Crippen LogP contribution in [0.5, 0.6) is 0 Å². The number of nitrogens with two attached hydrogens (primary N) is 1. The molecule has 1 heterocycles. The first-order valence-corrected chi connectivity index (χ1v) is 4.54. The van der Waals surface area contributed by atoms with Gasteiger partial charge in [-0.05, 0) is 18.2 Å². The Morgan fingerprint density at radius 2 is 2.19 bits per heavy atom. The van der Waals surface area contributed by atoms with Crippen LogP contribution in [0.2, 0.25) is 0 Å². The number of carbonyl (C=O) groups is 2. The molecule has 1 saturated heterocycles. The van der Waals surface area contributed by atoms with E-state index in [-0.39, 0.29) is 18.1 Å². The zero-order valence-electron chi connectivity index (χ0n) is 8.23. The second-order valence-corrected chi connectivity index (χ2v) is 3.27. The van der Waals surface area contributed by atoms with Gasteiger partial charge in [0.25, 0.3) is 5.91 Å². The van der Waals surface area contributed by atoms with Crippen molar-refractivity contribution in [2.24, 2.45) is 0 Å². The van der Waals surface area contributed by atoms with Crippen LogP contribution in [0, 0.1) is 11.3 Å². The van der Waals surface area contributed by atoms with Crippen LogP contribution in [-0.4, -0.2) is 18.5 Å². The Balaban J connectivity index is 2.45. The summed E-state index contributed by atoms with van der Waals surface area (Å²) in [6, 6.07) is 5.84. The molecule has 16 heavy (non-hydrogen) atoms. The first-order valence-electron chi connectivity index (χ1n) is 4.54. The maximum absolute atomic E-state index is 11.4. The second kappa shape index (κ2) is 3.55. The molecule has 1 aliphatic heterocycles. The van der Waals surface area contributed by atoms with Crippen molar-refractivity contribution in [3.8, 4) is 6.07 Å². The van der Waals surface area contributed by atoms with Crippen LogP contribution in [0.25, 0.3) is 0 Å². The number of nitriles is 1. The molecule has 6 nitrogen and oxygen atoms in total. The fourth-order valence-corrected chi connectivity index (χ4v) is 1.49. The van der Waals surface area contributed by atoms with Gasteiger partial charge in [-0.15, -0.1) is 0 Å². The zero-order valence-corrected chi connectivity index (χ0v) is 8.23. The van der Waals surface area contributed by atoms with Crippen molar-refractivity contribution in [1.29, 1.82) is 5.26 Å². The summed E-state index contributed by atoms with van der Waals surface area (Å²) in [5.74, 6) is -0.360. The highest BCUT2D eigenvalue weighted by atomic mass is 16.2. The fraction of sp³-hybridized carbons (Fsp3) is 0.100. The number of hydrogen-bond donors (Lipinski definition) is 2. The van der Waals surface area contributed by atoms with Gasteiger partial charge >= 0.3 is 6.03 Å². The summed E-state index contributed by atoms with van der Waals surface area (Å²) in [7, 11) is 0. The standard InChI is InChI=1S/C10H8N4O2/c11-4-6-1-2-8(7(12)3-6)14-9(15)5-13-10(14)16/h1-3H,5,12H2,(H,13,16). The van der Waals surface area contributed by atoms with E-state index in [2.05, 4.69) is 5.32 Å². The minimum Gasteiger partial charge on any atom is -0.397 e. The summed E-state index contributed by atoms with van der Waals surface area (Å²) in [5, 5.41) is 11.0. The molecule has 0 spiro atoms. The number of hydrogen-bond acceptors (Lipinski definition) is 4. The second-order valence-electron chi connectivity index (χ2n) is 3.27. The Kier molecular flexibility index (Phi) is 2.21. The molecule has 0 atom stereocenters. The van der Waals surface area contributed by atoms with E-state index in [0.717, 1.165) is 4.90 Å². The molecule has 1 fully saturated rings. The highest BCUT2D eigenvalue weighted by Gasteiger charge is 2.31. The molecule has 0 aromatic heterocycles. The summed E-state index contributed by atoms with van der Waals surface area (Å²) in [6.07, 6.45) is 0. The fourth-order valence-electron chi connectivity index (χ4n) is 1.49. The first-order chi connectivity index (χ1) is 7.63. The molecule has 1 aromatic rings. The number of urea groups is 1. The van der Waals surface area contributed by atoms with Crippen LogP contribution >= 0.6 is 0 Å². The van der Waals surface area contributed by atoms with Crippen molar-refractivity contribution in [2.45, 2.75) is 0 Å². The number of nitrogen functional groups attached to an aromatic ring is 1. The third-order valence-electron chi connectivity index (χ3n) is 2.24. The molecule has 1 aromatic carbocycles. The number of nitrogens with one attached hydrogen (secondary N) is 1. The van der Waals surface area contributed by atoms with Crippen molar-refractivity contribution in [3.05, 3.63) is 23.8 Å². The van der Waals surface area contributed by atoms with E-state index >= 15 is 0 Å². The maximum Gasteiger partial charge on any atom is 0.329 e. The number of amides is 3. The smallest absolute Gasteiger partial charge is 0.329 e. The van der Waals surface area contributed by atoms with Gasteiger partial charge in [-0.3, -0.25) is 4.79 Å². The predicted octanol–water partition coefficient (Wildman–Crippen LogP) is 0.197. The molecule has 1 aliphatic rings. The largest absolute Gasteiger partial charge is 0.397 e. The number of carbonyl (C=O) groups excluding carboxylic acids is 2. The van der Waals surface area contributed by atoms with Crippen molar-refractivity contribution in [2.75, 3.05) is 17.2 Å². The summed E-state index contributed by atoms with van der Waals surface area (Å²) in [4.78, 5) is 23.7. The Bertz CT molecular complexity index is 502. The van der Waals surface area contributed by atoms with E-state index in [4.69, 9.17) is 11.0 Å². The van der Waals surface area contributed by atoms with Crippen LogP contribution in [-0.2, 0) is 4.79 Å². The van der Waals surface area contributed by atoms with E-state index in [9.17, 15) is 9.59 Å². The third kappa shape index (κ3) is 1.44. The topological polar surface area (TPSA) is 99.2 Å². The van der Waals surface area contributed by atoms with Crippen LogP contribution in [0.3, 0.4) is 0 Å². The highest BCUT2D eigenvalue weighted by molar-refractivity contribution is 6.21. The van der Waals surface area contributed by atoms with Gasteiger partial charge in [-0.1, -0.05) is 0 Å². The highest BCUT2D eigenvalue weighted by Crippen LogP contribution is 2.25. The molecular formula is C10H8N4O2. The molecule has 0 unspecified atom stereocenters. The number of anilines is 2. The quantitative estimate of drug-likeness (QED) is 0.517. The summed E-state index contributed by atoms with van der Waals surface area (Å²) in [5.41, 5.74) is 6.59. The SMILES string of the molecule is N#Cc1ccc(N2C(=O)CNC2=O)c(N)c1. The van der Waals surface area contributed by atoms with E-state index in [1.165, 1.54) is 18.2 Å². The number of imide groups is 1. The molecule has 2 rings (SSSR count). The van der Waals surface area contributed by atoms with Crippen LogP contribution in [0.15, 0.2) is 18.2 Å². The van der Waals surface area contributed by atoms with Gasteiger partial charge in [-0.2, -0.15) is 5.26 Å². The molecule has 3 N–H and O–H groups in total. The van der Waals surface area contributed by atoms with E-state index in [0.29, 0.717) is 11.3 Å². The zero-order chi connectivity index (χ0) is 11.7. The molecule has 0 saturated carbocycles. The van der Waals surface area contributed by atoms with Gasteiger partial charge < -0.3 is 11.1 Å². The summed E-state index contributed by atoms with van der Waals surface area (Å²) >= 11 is 0. The number of rotatable bonds is 1. The van der Waals surface area contributed by atoms with Crippen molar-refractivity contribution in [1.82, 2.24) is 5.32 Å². The molecular weight excluding hydrogens is 208 g/mol. The van der Waals surface area contributed by atoms with Gasteiger partial charge in [0.2, 0.25) is 0 Å². The van der Waals surface area contributed by atoms with Crippen molar-refractivity contribution in [3.63, 3.8) is 0 Å². The average molecular weight is 216 g/mol. The summed E-state index contributed by atoms with van der Waals surface area (Å²) in [6.45, 7) is -0.0295. The van der Waals surface area contributed by atoms with Crippen LogP contribution in [0.4, 0.5) is 16.2 Å². The van der Waals surface area contributed by atoms with Crippen LogP contribution in [0.1, 0.15) is 5.56 Å². The molecule has 0 aliphatic carbocycles. The van der Waals surface area contributed by atoms with Gasteiger partial charge in [0.1, 0.15) is 0 Å². The predicted molar refractivity (Wildman–Crippen MR) is 56.5 cm³/mol. The van der Waals surface area contributed by atoms with Gasteiger partial charge in [-0.25, -0.2) is 9.69 Å². The lowest BCUT2D eigenvalue weighted by Gasteiger charge is -2.14. The normalized spacial score (nSPS) is 14.8. The van der Waals surface area contributed by atoms with Crippen molar-refractivity contribution >= 4 is 23.3 Å². The number of nitrogens with zero attached hydrogens (tertiary/aromatic N) is 2. The van der Waals surface area contributed by atoms with Gasteiger partial charge in [0.15, 0.2) is 0 Å².